The van der Waals surface area contributed by atoms with E-state index < -0.39 is 0 Å². The van der Waals surface area contributed by atoms with Crippen molar-refractivity contribution in [3.63, 3.8) is 0 Å². The molecule has 0 aromatic carbocycles. The summed E-state index contributed by atoms with van der Waals surface area (Å²) in [7, 11) is 0. The van der Waals surface area contributed by atoms with E-state index in [0.29, 0.717) is 4.99 Å². The summed E-state index contributed by atoms with van der Waals surface area (Å²) in [5.41, 5.74) is 9.22. The lowest BCUT2D eigenvalue weighted by atomic mass is 10.0. The summed E-state index contributed by atoms with van der Waals surface area (Å²) < 4.78 is 0. The number of aryl methyl sites for hydroxylation is 1. The van der Waals surface area contributed by atoms with Crippen molar-refractivity contribution in [2.75, 3.05) is 18.0 Å². The average molecular weight is 304 g/mol. The lowest BCUT2D eigenvalue weighted by molar-refractivity contribution is 0.494. The van der Waals surface area contributed by atoms with Gasteiger partial charge in [0.2, 0.25) is 0 Å². The van der Waals surface area contributed by atoms with Crippen LogP contribution in [0.5, 0.6) is 0 Å². The van der Waals surface area contributed by atoms with Gasteiger partial charge in [0.05, 0.1) is 11.3 Å². The Kier molecular flexibility index (Phi) is 4.11. The van der Waals surface area contributed by atoms with Gasteiger partial charge in [-0.2, -0.15) is 5.10 Å². The topological polar surface area (TPSA) is 55.0 Å². The van der Waals surface area contributed by atoms with Gasteiger partial charge in [-0.1, -0.05) is 32.5 Å². The smallest absolute Gasteiger partial charge is 0.161 e. The molecule has 2 aliphatic rings. The molecule has 5 heteroatoms. The van der Waals surface area contributed by atoms with Gasteiger partial charge in [0.1, 0.15) is 4.99 Å². The first kappa shape index (κ1) is 14.7. The van der Waals surface area contributed by atoms with Crippen molar-refractivity contribution in [3.05, 3.63) is 16.8 Å². The lowest BCUT2D eigenvalue weighted by Crippen LogP contribution is -2.28. The molecule has 0 spiro atoms. The molecular weight excluding hydrogens is 280 g/mol. The van der Waals surface area contributed by atoms with Crippen LogP contribution in [-0.4, -0.2) is 28.3 Å². The molecule has 2 fully saturated rings. The summed E-state index contributed by atoms with van der Waals surface area (Å²) in [5.74, 6) is 2.56. The molecule has 1 saturated carbocycles. The normalized spacial score (nSPS) is 24.4. The predicted octanol–water partition coefficient (Wildman–Crippen LogP) is 2.47. The molecule has 0 amide bonds. The number of anilines is 1. The van der Waals surface area contributed by atoms with Crippen molar-refractivity contribution in [1.29, 1.82) is 0 Å². The van der Waals surface area contributed by atoms with E-state index in [1.165, 1.54) is 24.8 Å². The van der Waals surface area contributed by atoms with E-state index in [1.807, 2.05) is 0 Å². The molecule has 2 N–H and O–H groups in total. The van der Waals surface area contributed by atoms with Crippen LogP contribution >= 0.6 is 12.2 Å². The molecule has 0 radical (unpaired) electrons. The first-order valence-electron chi connectivity index (χ1n) is 8.08. The molecule has 2 unspecified atom stereocenters. The van der Waals surface area contributed by atoms with Gasteiger partial charge >= 0.3 is 0 Å². The van der Waals surface area contributed by atoms with Gasteiger partial charge < -0.3 is 10.6 Å². The van der Waals surface area contributed by atoms with Crippen molar-refractivity contribution >= 4 is 23.0 Å². The van der Waals surface area contributed by atoms with Crippen molar-refractivity contribution in [3.8, 4) is 0 Å². The Labute approximate surface area is 132 Å². The van der Waals surface area contributed by atoms with Gasteiger partial charge in [-0.25, -0.2) is 0 Å². The van der Waals surface area contributed by atoms with Gasteiger partial charge in [0.15, 0.2) is 5.82 Å². The van der Waals surface area contributed by atoms with Crippen molar-refractivity contribution in [2.24, 2.45) is 17.6 Å². The van der Waals surface area contributed by atoms with Crippen LogP contribution in [0.25, 0.3) is 0 Å². The largest absolute Gasteiger partial charge is 0.389 e. The summed E-state index contributed by atoms with van der Waals surface area (Å²) >= 11 is 5.33. The summed E-state index contributed by atoms with van der Waals surface area (Å²) in [4.78, 5) is 2.83. The number of fused-ring (bicyclic) bond motifs is 1. The van der Waals surface area contributed by atoms with Gasteiger partial charge in [-0.05, 0) is 43.1 Å². The monoisotopic (exact) mass is 304 g/mol. The second-order valence-corrected chi connectivity index (χ2v) is 6.69. The minimum atomic E-state index is 0.462. The van der Waals surface area contributed by atoms with Gasteiger partial charge in [-0.3, -0.25) is 0 Å². The molecule has 2 heterocycles. The second kappa shape index (κ2) is 5.87. The number of aromatic nitrogens is 2. The van der Waals surface area contributed by atoms with E-state index >= 15 is 0 Å². The van der Waals surface area contributed by atoms with Gasteiger partial charge in [0.25, 0.3) is 0 Å². The number of nitrogens with two attached hydrogens (primary N) is 1. The maximum absolute atomic E-state index is 6.03. The Hall–Kier alpha value is -1.23. The van der Waals surface area contributed by atoms with Crippen molar-refractivity contribution in [2.45, 2.75) is 46.0 Å². The summed E-state index contributed by atoms with van der Waals surface area (Å²) in [6, 6.07) is 0. The van der Waals surface area contributed by atoms with Crippen LogP contribution in [-0.2, 0) is 12.8 Å². The summed E-state index contributed by atoms with van der Waals surface area (Å²) in [6.45, 7) is 6.42. The van der Waals surface area contributed by atoms with E-state index in [-0.39, 0.29) is 0 Å². The predicted molar refractivity (Wildman–Crippen MR) is 89.7 cm³/mol. The molecule has 1 aromatic rings. The molecule has 114 valence electrons. The van der Waals surface area contributed by atoms with Crippen LogP contribution in [0.3, 0.4) is 0 Å². The first-order valence-corrected chi connectivity index (χ1v) is 8.49. The first-order chi connectivity index (χ1) is 10.2. The van der Waals surface area contributed by atoms with E-state index in [0.717, 1.165) is 54.8 Å². The highest BCUT2D eigenvalue weighted by Gasteiger charge is 2.38. The van der Waals surface area contributed by atoms with Gasteiger partial charge in [-0.15, -0.1) is 5.10 Å². The molecule has 4 nitrogen and oxygen atoms in total. The summed E-state index contributed by atoms with van der Waals surface area (Å²) in [5, 5.41) is 8.94. The Morgan fingerprint density at radius 3 is 2.38 bits per heavy atom. The second-order valence-electron chi connectivity index (χ2n) is 6.25. The Morgan fingerprint density at radius 1 is 1.19 bits per heavy atom. The summed E-state index contributed by atoms with van der Waals surface area (Å²) in [6.07, 6.45) is 5.86. The van der Waals surface area contributed by atoms with Crippen molar-refractivity contribution < 1.29 is 0 Å². The minimum absolute atomic E-state index is 0.462. The van der Waals surface area contributed by atoms with Crippen LogP contribution in [0.4, 0.5) is 5.82 Å². The zero-order valence-electron chi connectivity index (χ0n) is 12.9. The van der Waals surface area contributed by atoms with E-state index in [4.69, 9.17) is 18.0 Å². The minimum Gasteiger partial charge on any atom is -0.389 e. The van der Waals surface area contributed by atoms with Crippen LogP contribution in [0, 0.1) is 11.8 Å². The maximum Gasteiger partial charge on any atom is 0.161 e. The van der Waals surface area contributed by atoms with E-state index in [1.54, 1.807) is 0 Å². The highest BCUT2D eigenvalue weighted by Crippen LogP contribution is 2.40. The molecule has 1 aliphatic carbocycles. The number of hydrogen-bond acceptors (Lipinski definition) is 4. The van der Waals surface area contributed by atoms with E-state index in [2.05, 4.69) is 28.9 Å². The number of nitrogens with zero attached hydrogens (tertiary/aromatic N) is 3. The number of thiocarbonyl (C=S) groups is 1. The third-order valence-corrected chi connectivity index (χ3v) is 5.30. The van der Waals surface area contributed by atoms with Crippen LogP contribution < -0.4 is 10.6 Å². The Morgan fingerprint density at radius 2 is 1.86 bits per heavy atom. The third kappa shape index (κ3) is 2.52. The molecule has 0 bridgehead atoms. The van der Waals surface area contributed by atoms with Crippen LogP contribution in [0.1, 0.15) is 49.9 Å². The zero-order chi connectivity index (χ0) is 15.0. The molecule has 1 saturated heterocycles. The SMILES string of the molecule is CCc1nnc(N2CC3CCCC3C2)c(C(N)=S)c1CC. The third-order valence-electron chi connectivity index (χ3n) is 5.10. The standard InChI is InChI=1S/C16H24N4S/c1-3-12-13(4-2)18-19-16(14(12)15(17)21)20-8-10-6-5-7-11(10)9-20/h10-11H,3-9H2,1-2H3,(H2,17,21). The number of hydrogen-bond donors (Lipinski definition) is 1. The molecule has 3 rings (SSSR count). The fourth-order valence-corrected chi connectivity index (χ4v) is 4.26. The zero-order valence-corrected chi connectivity index (χ0v) is 13.7. The molecule has 1 aliphatic heterocycles. The Bertz CT molecular complexity index is 545. The lowest BCUT2D eigenvalue weighted by Gasteiger charge is -2.23. The molecular formula is C16H24N4S. The number of rotatable bonds is 4. The fraction of sp³-hybridized carbons (Fsp3) is 0.688. The maximum atomic E-state index is 6.03. The fourth-order valence-electron chi connectivity index (χ4n) is 4.05. The van der Waals surface area contributed by atoms with Crippen molar-refractivity contribution in [1.82, 2.24) is 10.2 Å². The molecule has 21 heavy (non-hydrogen) atoms. The molecule has 1 aromatic heterocycles. The highest BCUT2D eigenvalue weighted by atomic mass is 32.1. The quantitative estimate of drug-likeness (QED) is 0.866. The molecule has 2 atom stereocenters. The van der Waals surface area contributed by atoms with Crippen LogP contribution in [0.2, 0.25) is 0 Å². The highest BCUT2D eigenvalue weighted by molar-refractivity contribution is 7.80. The average Bonchev–Trinajstić information content (AvgIpc) is 3.06. The van der Waals surface area contributed by atoms with Crippen LogP contribution in [0.15, 0.2) is 0 Å². The van der Waals surface area contributed by atoms with E-state index in [9.17, 15) is 0 Å². The Balaban J connectivity index is 2.00. The van der Waals surface area contributed by atoms with Gasteiger partial charge in [0, 0.05) is 13.1 Å².